The van der Waals surface area contributed by atoms with Crippen LogP contribution in [0.5, 0.6) is 11.5 Å². The average molecular weight is 445 g/mol. The van der Waals surface area contributed by atoms with Gasteiger partial charge in [0.2, 0.25) is 0 Å². The van der Waals surface area contributed by atoms with Gasteiger partial charge >= 0.3 is 0 Å². The third-order valence-corrected chi connectivity index (χ3v) is 5.34. The summed E-state index contributed by atoms with van der Waals surface area (Å²) in [4.78, 5) is 15.0. The van der Waals surface area contributed by atoms with Crippen molar-refractivity contribution in [1.82, 2.24) is 14.7 Å². The van der Waals surface area contributed by atoms with Gasteiger partial charge in [0.15, 0.2) is 0 Å². The number of aromatic nitrogens is 2. The predicted molar refractivity (Wildman–Crippen MR) is 124 cm³/mol. The molecule has 0 unspecified atom stereocenters. The molecule has 3 aromatic carbocycles. The summed E-state index contributed by atoms with van der Waals surface area (Å²) < 4.78 is 26.8. The number of amides is 1. The molecule has 0 spiro atoms. The molecule has 6 nitrogen and oxygen atoms in total. The molecular formula is C26H24FN3O3. The first-order chi connectivity index (χ1) is 16.0. The minimum Gasteiger partial charge on any atom is -0.497 e. The fourth-order valence-corrected chi connectivity index (χ4v) is 3.60. The highest BCUT2D eigenvalue weighted by Crippen LogP contribution is 2.35. The van der Waals surface area contributed by atoms with Crippen molar-refractivity contribution in [1.29, 1.82) is 0 Å². The topological polar surface area (TPSA) is 56.6 Å². The van der Waals surface area contributed by atoms with Crippen LogP contribution >= 0.6 is 0 Å². The number of benzene rings is 3. The molecule has 0 aliphatic heterocycles. The number of halogens is 1. The van der Waals surface area contributed by atoms with Crippen molar-refractivity contribution < 1.29 is 18.7 Å². The molecule has 4 rings (SSSR count). The Morgan fingerprint density at radius 3 is 2.42 bits per heavy atom. The van der Waals surface area contributed by atoms with Crippen LogP contribution in [0, 0.1) is 5.82 Å². The summed E-state index contributed by atoms with van der Waals surface area (Å²) >= 11 is 0. The zero-order chi connectivity index (χ0) is 23.4. The molecule has 4 aromatic rings. The molecule has 0 saturated heterocycles. The van der Waals surface area contributed by atoms with Crippen molar-refractivity contribution in [3.63, 3.8) is 0 Å². The molecular weight excluding hydrogens is 421 g/mol. The van der Waals surface area contributed by atoms with Crippen molar-refractivity contribution in [3.8, 4) is 28.4 Å². The van der Waals surface area contributed by atoms with E-state index in [9.17, 15) is 9.18 Å². The molecule has 0 aliphatic carbocycles. The summed E-state index contributed by atoms with van der Waals surface area (Å²) in [6, 6.07) is 21.3. The molecule has 0 radical (unpaired) electrons. The molecule has 1 aromatic heterocycles. The van der Waals surface area contributed by atoms with E-state index in [0.29, 0.717) is 33.9 Å². The number of hydrogen-bond acceptors (Lipinski definition) is 4. The monoisotopic (exact) mass is 445 g/mol. The summed E-state index contributed by atoms with van der Waals surface area (Å²) in [6.07, 6.45) is 1.68. The van der Waals surface area contributed by atoms with E-state index in [1.807, 2.05) is 30.3 Å². The minimum absolute atomic E-state index is 0.122. The molecule has 168 valence electrons. The largest absolute Gasteiger partial charge is 0.497 e. The number of para-hydroxylation sites is 1. The van der Waals surface area contributed by atoms with E-state index in [1.54, 1.807) is 68.5 Å². The highest BCUT2D eigenvalue weighted by molar-refractivity contribution is 6.00. The van der Waals surface area contributed by atoms with Gasteiger partial charge in [-0.05, 0) is 36.4 Å². The van der Waals surface area contributed by atoms with Crippen molar-refractivity contribution in [2.45, 2.75) is 6.54 Å². The van der Waals surface area contributed by atoms with E-state index in [-0.39, 0.29) is 18.3 Å². The van der Waals surface area contributed by atoms with Crippen molar-refractivity contribution in [2.75, 3.05) is 21.3 Å². The Labute approximate surface area is 191 Å². The summed E-state index contributed by atoms with van der Waals surface area (Å²) in [7, 11) is 4.77. The van der Waals surface area contributed by atoms with Crippen LogP contribution in [0.15, 0.2) is 79.0 Å². The van der Waals surface area contributed by atoms with E-state index in [0.717, 1.165) is 5.69 Å². The van der Waals surface area contributed by atoms with Crippen LogP contribution in [0.2, 0.25) is 0 Å². The zero-order valence-corrected chi connectivity index (χ0v) is 18.7. The lowest BCUT2D eigenvalue weighted by atomic mass is 10.1. The van der Waals surface area contributed by atoms with Crippen LogP contribution in [0.3, 0.4) is 0 Å². The lowest BCUT2D eigenvalue weighted by Gasteiger charge is -2.18. The maximum Gasteiger partial charge on any atom is 0.257 e. The average Bonchev–Trinajstić information content (AvgIpc) is 3.30. The van der Waals surface area contributed by atoms with Crippen molar-refractivity contribution in [2.24, 2.45) is 0 Å². The van der Waals surface area contributed by atoms with E-state index in [1.165, 1.54) is 11.0 Å². The number of methoxy groups -OCH3 is 2. The molecule has 1 heterocycles. The van der Waals surface area contributed by atoms with E-state index < -0.39 is 0 Å². The van der Waals surface area contributed by atoms with Gasteiger partial charge in [0.25, 0.3) is 5.91 Å². The lowest BCUT2D eigenvalue weighted by Crippen LogP contribution is -2.26. The van der Waals surface area contributed by atoms with Gasteiger partial charge in [0, 0.05) is 30.9 Å². The first kappa shape index (κ1) is 22.1. The smallest absolute Gasteiger partial charge is 0.257 e. The number of nitrogens with zero attached hydrogens (tertiary/aromatic N) is 3. The van der Waals surface area contributed by atoms with Gasteiger partial charge in [-0.1, -0.05) is 36.4 Å². The minimum atomic E-state index is -0.355. The molecule has 33 heavy (non-hydrogen) atoms. The van der Waals surface area contributed by atoms with E-state index >= 15 is 0 Å². The van der Waals surface area contributed by atoms with Gasteiger partial charge in [-0.3, -0.25) is 4.79 Å². The first-order valence-electron chi connectivity index (χ1n) is 10.4. The molecule has 0 N–H and O–H groups in total. The Balaban J connectivity index is 1.81. The normalized spacial score (nSPS) is 10.7. The van der Waals surface area contributed by atoms with Gasteiger partial charge in [-0.2, -0.15) is 5.10 Å². The second-order valence-corrected chi connectivity index (χ2v) is 7.49. The number of carbonyl (C=O) groups is 1. The predicted octanol–water partition coefficient (Wildman–Crippen LogP) is 4.97. The van der Waals surface area contributed by atoms with Gasteiger partial charge < -0.3 is 14.4 Å². The van der Waals surface area contributed by atoms with Gasteiger partial charge in [0.1, 0.15) is 23.0 Å². The summed E-state index contributed by atoms with van der Waals surface area (Å²) in [5, 5.41) is 4.72. The van der Waals surface area contributed by atoms with Crippen LogP contribution in [0.25, 0.3) is 16.9 Å². The maximum absolute atomic E-state index is 14.2. The highest BCUT2D eigenvalue weighted by atomic mass is 19.1. The summed E-state index contributed by atoms with van der Waals surface area (Å²) in [6.45, 7) is 0.122. The molecule has 0 aliphatic rings. The standard InChI is InChI=1S/C26H24FN3O3/c1-29(16-18-9-7-8-12-23(18)27)26(31)22-17-30(19-10-5-4-6-11-19)28-25(22)21-15-20(32-2)13-14-24(21)33-3/h4-15,17H,16H2,1-3H3. The zero-order valence-electron chi connectivity index (χ0n) is 18.7. The molecule has 0 bridgehead atoms. The second kappa shape index (κ2) is 9.56. The summed E-state index contributed by atoms with van der Waals surface area (Å²) in [5.74, 6) is 0.519. The number of rotatable bonds is 7. The Kier molecular flexibility index (Phi) is 6.40. The van der Waals surface area contributed by atoms with E-state index in [4.69, 9.17) is 14.6 Å². The quantitative estimate of drug-likeness (QED) is 0.403. The van der Waals surface area contributed by atoms with E-state index in [2.05, 4.69) is 0 Å². The fraction of sp³-hybridized carbons (Fsp3) is 0.154. The molecule has 0 fully saturated rings. The Hall–Kier alpha value is -4.13. The maximum atomic E-state index is 14.2. The highest BCUT2D eigenvalue weighted by Gasteiger charge is 2.24. The van der Waals surface area contributed by atoms with Crippen molar-refractivity contribution in [3.05, 3.63) is 95.9 Å². The number of ether oxygens (including phenoxy) is 2. The SMILES string of the molecule is COc1ccc(OC)c(-c2nn(-c3ccccc3)cc2C(=O)N(C)Cc2ccccc2F)c1. The Morgan fingerprint density at radius 2 is 1.73 bits per heavy atom. The number of carbonyl (C=O) groups excluding carboxylic acids is 1. The molecule has 7 heteroatoms. The third-order valence-electron chi connectivity index (χ3n) is 5.34. The van der Waals surface area contributed by atoms with Gasteiger partial charge in [0.05, 0.1) is 25.5 Å². The van der Waals surface area contributed by atoms with Crippen LogP contribution in [-0.2, 0) is 6.54 Å². The second-order valence-electron chi connectivity index (χ2n) is 7.49. The Morgan fingerprint density at radius 1 is 1.00 bits per heavy atom. The summed E-state index contributed by atoms with van der Waals surface area (Å²) in [5.41, 5.74) is 2.67. The fourth-order valence-electron chi connectivity index (χ4n) is 3.60. The van der Waals surface area contributed by atoms with Crippen LogP contribution in [-0.4, -0.2) is 41.9 Å². The molecule has 1 amide bonds. The Bertz CT molecular complexity index is 1270. The van der Waals surface area contributed by atoms with Gasteiger partial charge in [-0.25, -0.2) is 9.07 Å². The van der Waals surface area contributed by atoms with Crippen LogP contribution in [0.4, 0.5) is 4.39 Å². The molecule has 0 saturated carbocycles. The molecule has 0 atom stereocenters. The van der Waals surface area contributed by atoms with Crippen molar-refractivity contribution >= 4 is 5.91 Å². The van der Waals surface area contributed by atoms with Crippen LogP contribution < -0.4 is 9.47 Å². The number of hydrogen-bond donors (Lipinski definition) is 0. The van der Waals surface area contributed by atoms with Crippen LogP contribution in [0.1, 0.15) is 15.9 Å². The third kappa shape index (κ3) is 4.57. The van der Waals surface area contributed by atoms with Gasteiger partial charge in [-0.15, -0.1) is 0 Å². The lowest BCUT2D eigenvalue weighted by molar-refractivity contribution is 0.0784. The first-order valence-corrected chi connectivity index (χ1v) is 10.4.